The van der Waals surface area contributed by atoms with Gasteiger partial charge in [-0.15, -0.1) is 0 Å². The molecule has 5 aromatic rings. The first-order valence-corrected chi connectivity index (χ1v) is 14.6. The van der Waals surface area contributed by atoms with Crippen LogP contribution >= 0.6 is 0 Å². The van der Waals surface area contributed by atoms with Crippen LogP contribution in [0.3, 0.4) is 0 Å². The Morgan fingerprint density at radius 3 is 2.08 bits per heavy atom. The number of hydrogen-bond acceptors (Lipinski definition) is 2. The Hall–Kier alpha value is -3.56. The predicted molar refractivity (Wildman–Crippen MR) is 159 cm³/mol. The largest absolute Gasteiger partial charge is 0.569 e. The van der Waals surface area contributed by atoms with Gasteiger partial charge in [-0.25, -0.2) is 0 Å². The van der Waals surface area contributed by atoms with E-state index in [1.165, 1.54) is 65.1 Å². The van der Waals surface area contributed by atoms with E-state index in [-0.39, 0.29) is 5.41 Å². The Balaban J connectivity index is 1.31. The molecule has 0 unspecified atom stereocenters. The van der Waals surface area contributed by atoms with Crippen LogP contribution in [0.5, 0.6) is 5.75 Å². The molecule has 5 aliphatic rings. The van der Waals surface area contributed by atoms with E-state index in [0.717, 1.165) is 42.1 Å². The Bertz CT molecular complexity index is 1780. The molecule has 0 aromatic heterocycles. The predicted octanol–water partition coefficient (Wildman–Crippen LogP) is 8.29. The molecule has 0 atom stereocenters. The van der Waals surface area contributed by atoms with Crippen LogP contribution in [-0.4, -0.2) is 12.7 Å². The minimum atomic E-state index is 0.128. The number of benzene rings is 5. The molecular formula is C36H30BO2. The van der Waals surface area contributed by atoms with E-state index in [0.29, 0.717) is 5.75 Å². The lowest BCUT2D eigenvalue weighted by Crippen LogP contribution is -2.55. The van der Waals surface area contributed by atoms with E-state index < -0.39 is 0 Å². The SMILES string of the molecule is O[B]Oc1cccc2c(-c3ccc4c(c3)C3(c5cc6ccccc6cc5-4)C4CC5CC(C4)CC3C5)cccc12. The molecule has 4 saturated carbocycles. The summed E-state index contributed by atoms with van der Waals surface area (Å²) in [4.78, 5) is 0. The highest BCUT2D eigenvalue weighted by molar-refractivity contribution is 6.18. The van der Waals surface area contributed by atoms with Gasteiger partial charge in [-0.2, -0.15) is 0 Å². The molecule has 4 fully saturated rings. The van der Waals surface area contributed by atoms with Gasteiger partial charge in [0, 0.05) is 10.8 Å². The minimum absolute atomic E-state index is 0.128. The van der Waals surface area contributed by atoms with Crippen LogP contribution in [0, 0.1) is 23.7 Å². The van der Waals surface area contributed by atoms with E-state index >= 15 is 0 Å². The zero-order valence-corrected chi connectivity index (χ0v) is 21.9. The fraction of sp³-hybridized carbons (Fsp3) is 0.278. The van der Waals surface area contributed by atoms with Gasteiger partial charge in [-0.1, -0.05) is 66.7 Å². The molecular weight excluding hydrogens is 475 g/mol. The number of fused-ring (bicyclic) bond motifs is 5. The highest BCUT2D eigenvalue weighted by Crippen LogP contribution is 2.69. The Kier molecular flexibility index (Phi) is 4.56. The van der Waals surface area contributed by atoms with Crippen molar-refractivity contribution in [3.63, 3.8) is 0 Å². The van der Waals surface area contributed by atoms with Crippen molar-refractivity contribution in [3.05, 3.63) is 102 Å². The molecule has 5 aromatic carbocycles. The zero-order valence-electron chi connectivity index (χ0n) is 21.9. The fourth-order valence-electron chi connectivity index (χ4n) is 9.74. The second-order valence-corrected chi connectivity index (χ2v) is 12.6. The van der Waals surface area contributed by atoms with Crippen molar-refractivity contribution in [2.24, 2.45) is 23.7 Å². The molecule has 10 rings (SSSR count). The molecule has 0 amide bonds. The van der Waals surface area contributed by atoms with Crippen LogP contribution < -0.4 is 4.65 Å². The van der Waals surface area contributed by atoms with E-state index in [9.17, 15) is 5.02 Å². The van der Waals surface area contributed by atoms with Crippen LogP contribution in [0.2, 0.25) is 0 Å². The lowest BCUT2D eigenvalue weighted by molar-refractivity contribution is -0.0398. The van der Waals surface area contributed by atoms with Crippen molar-refractivity contribution in [2.45, 2.75) is 37.5 Å². The van der Waals surface area contributed by atoms with E-state index in [2.05, 4.69) is 78.9 Å². The van der Waals surface area contributed by atoms with Crippen LogP contribution in [0.15, 0.2) is 91.0 Å². The summed E-state index contributed by atoms with van der Waals surface area (Å²) >= 11 is 0. The third kappa shape index (κ3) is 2.92. The standard InChI is InChI=1S/C36H30BO2/c38-37-39-35-10-4-8-29-28(7-3-9-31(29)35)25-11-12-30-32-18-23-5-1-2-6-24(23)19-34(32)36(33(30)20-25)26-14-21-13-22(16-26)17-27(36)15-21/h1-12,18-22,26-27,38H,13-17H2. The summed E-state index contributed by atoms with van der Waals surface area (Å²) in [5.41, 5.74) is 8.72. The zero-order chi connectivity index (χ0) is 25.7. The summed E-state index contributed by atoms with van der Waals surface area (Å²) in [5.74, 6) is 3.99. The van der Waals surface area contributed by atoms with Crippen molar-refractivity contribution >= 4 is 29.2 Å². The van der Waals surface area contributed by atoms with Crippen LogP contribution in [0.25, 0.3) is 43.8 Å². The van der Waals surface area contributed by atoms with Gasteiger partial charge in [0.15, 0.2) is 0 Å². The average Bonchev–Trinajstić information content (AvgIpc) is 3.23. The topological polar surface area (TPSA) is 29.5 Å². The van der Waals surface area contributed by atoms with Crippen LogP contribution in [-0.2, 0) is 5.41 Å². The molecule has 2 nitrogen and oxygen atoms in total. The van der Waals surface area contributed by atoms with Gasteiger partial charge in [0.05, 0.1) is 0 Å². The molecule has 3 heteroatoms. The normalized spacial score (nSPS) is 27.7. The third-order valence-electron chi connectivity index (χ3n) is 10.9. The maximum Gasteiger partial charge on any atom is 0.569 e. The molecule has 4 bridgehead atoms. The first-order valence-electron chi connectivity index (χ1n) is 14.6. The highest BCUT2D eigenvalue weighted by atomic mass is 16.5. The summed E-state index contributed by atoms with van der Waals surface area (Å²) < 4.78 is 5.45. The molecule has 39 heavy (non-hydrogen) atoms. The quantitative estimate of drug-likeness (QED) is 0.250. The van der Waals surface area contributed by atoms with Gasteiger partial charge in [0.2, 0.25) is 0 Å². The van der Waals surface area contributed by atoms with Gasteiger partial charge < -0.3 is 9.68 Å². The van der Waals surface area contributed by atoms with Crippen LogP contribution in [0.1, 0.15) is 43.2 Å². The lowest BCUT2D eigenvalue weighted by atomic mass is 9.43. The first kappa shape index (κ1) is 22.3. The molecule has 0 aliphatic heterocycles. The second-order valence-electron chi connectivity index (χ2n) is 12.6. The summed E-state index contributed by atoms with van der Waals surface area (Å²) in [7, 11) is 0.772. The molecule has 0 heterocycles. The van der Waals surface area contributed by atoms with Gasteiger partial charge in [-0.05, 0) is 130 Å². The van der Waals surface area contributed by atoms with Gasteiger partial charge in [0.25, 0.3) is 0 Å². The number of rotatable bonds is 3. The van der Waals surface area contributed by atoms with Crippen molar-refractivity contribution in [2.75, 3.05) is 0 Å². The highest BCUT2D eigenvalue weighted by Gasteiger charge is 2.61. The fourth-order valence-corrected chi connectivity index (χ4v) is 9.74. The smallest absolute Gasteiger partial charge is 0.537 e. The Morgan fingerprint density at radius 2 is 1.31 bits per heavy atom. The van der Waals surface area contributed by atoms with Crippen molar-refractivity contribution < 1.29 is 9.68 Å². The lowest BCUT2D eigenvalue weighted by Gasteiger charge is -2.61. The van der Waals surface area contributed by atoms with Crippen molar-refractivity contribution in [1.29, 1.82) is 0 Å². The summed E-state index contributed by atoms with van der Waals surface area (Å²) in [6.45, 7) is 0. The molecule has 1 radical (unpaired) electrons. The molecule has 0 saturated heterocycles. The van der Waals surface area contributed by atoms with Gasteiger partial charge >= 0.3 is 7.69 Å². The Morgan fingerprint density at radius 1 is 0.615 bits per heavy atom. The summed E-state index contributed by atoms with van der Waals surface area (Å²) in [6.07, 6.45) is 7.00. The van der Waals surface area contributed by atoms with Gasteiger partial charge in [0.1, 0.15) is 5.75 Å². The van der Waals surface area contributed by atoms with E-state index in [4.69, 9.17) is 4.65 Å². The second kappa shape index (κ2) is 7.99. The first-order chi connectivity index (χ1) is 19.2. The third-order valence-corrected chi connectivity index (χ3v) is 10.9. The maximum atomic E-state index is 9.32. The van der Waals surface area contributed by atoms with E-state index in [1.54, 1.807) is 11.1 Å². The van der Waals surface area contributed by atoms with Crippen molar-refractivity contribution in [1.82, 2.24) is 0 Å². The Labute approximate surface area is 229 Å². The van der Waals surface area contributed by atoms with E-state index in [1.807, 2.05) is 12.1 Å². The van der Waals surface area contributed by atoms with Gasteiger partial charge in [-0.3, -0.25) is 0 Å². The maximum absolute atomic E-state index is 9.32. The molecule has 1 spiro atoms. The van der Waals surface area contributed by atoms with Crippen molar-refractivity contribution in [3.8, 4) is 28.0 Å². The average molecular weight is 505 g/mol. The monoisotopic (exact) mass is 505 g/mol. The van der Waals surface area contributed by atoms with Crippen LogP contribution in [0.4, 0.5) is 0 Å². The summed E-state index contributed by atoms with van der Waals surface area (Å²) in [6, 6.07) is 33.8. The number of hydrogen-bond donors (Lipinski definition) is 1. The summed E-state index contributed by atoms with van der Waals surface area (Å²) in [5, 5.41) is 14.2. The molecule has 5 aliphatic carbocycles. The molecule has 1 N–H and O–H groups in total. The minimum Gasteiger partial charge on any atom is -0.537 e. The molecule has 189 valence electrons.